The number of aromatic nitrogens is 1. The molecular weight excluding hydrogens is 264 g/mol. The molecule has 1 aromatic rings. The molecule has 19 heavy (non-hydrogen) atoms. The van der Waals surface area contributed by atoms with Crippen LogP contribution in [-0.2, 0) is 4.74 Å². The Balaban J connectivity index is 3.59. The number of hydrogen-bond donors (Lipinski definition) is 0. The Bertz CT molecular complexity index is 569. The zero-order valence-electron chi connectivity index (χ0n) is 9.59. The summed E-state index contributed by atoms with van der Waals surface area (Å²) in [7, 11) is 0. The van der Waals surface area contributed by atoms with Crippen LogP contribution in [0.1, 0.15) is 35.0 Å². The van der Waals surface area contributed by atoms with E-state index in [0.29, 0.717) is 6.20 Å². The molecule has 0 aromatic carbocycles. The van der Waals surface area contributed by atoms with Gasteiger partial charge in [0.2, 0.25) is 0 Å². The molecule has 0 spiro atoms. The summed E-state index contributed by atoms with van der Waals surface area (Å²) in [6.45, 7) is 1.37. The minimum Gasteiger partial charge on any atom is -0.462 e. The maximum absolute atomic E-state index is 12.8. The zero-order valence-corrected chi connectivity index (χ0v) is 9.59. The molecule has 0 aliphatic carbocycles. The summed E-state index contributed by atoms with van der Waals surface area (Å²) in [4.78, 5) is 24.5. The van der Waals surface area contributed by atoms with Gasteiger partial charge in [0, 0.05) is 6.20 Å². The Labute approximate surface area is 105 Å². The van der Waals surface area contributed by atoms with Crippen molar-refractivity contribution in [3.05, 3.63) is 33.1 Å². The first-order chi connectivity index (χ1) is 8.93. The van der Waals surface area contributed by atoms with Gasteiger partial charge in [-0.05, 0) is 6.92 Å². The molecule has 7 nitrogen and oxygen atoms in total. The van der Waals surface area contributed by atoms with Gasteiger partial charge in [0.15, 0.2) is 11.3 Å². The molecule has 0 saturated carbocycles. The fourth-order valence-corrected chi connectivity index (χ4v) is 1.37. The molecule has 0 bridgehead atoms. The molecule has 0 atom stereocenters. The summed E-state index contributed by atoms with van der Waals surface area (Å²) in [6, 6.07) is 1.32. The monoisotopic (exact) mass is 271 g/mol. The highest BCUT2D eigenvalue weighted by atomic mass is 19.3. The third kappa shape index (κ3) is 2.79. The number of alkyl halides is 2. The molecule has 9 heteroatoms. The number of ether oxygens (including phenoxy) is 1. The smallest absolute Gasteiger partial charge is 0.346 e. The third-order valence-electron chi connectivity index (χ3n) is 2.09. The molecule has 0 radical (unpaired) electrons. The van der Waals surface area contributed by atoms with Gasteiger partial charge in [0.1, 0.15) is 11.6 Å². The highest BCUT2D eigenvalue weighted by Crippen LogP contribution is 2.33. The maximum atomic E-state index is 12.8. The second kappa shape index (κ2) is 5.81. The lowest BCUT2D eigenvalue weighted by Gasteiger charge is -2.07. The van der Waals surface area contributed by atoms with Crippen molar-refractivity contribution in [3.8, 4) is 6.07 Å². The van der Waals surface area contributed by atoms with Crippen molar-refractivity contribution >= 4 is 11.7 Å². The molecule has 0 saturated heterocycles. The summed E-state index contributed by atoms with van der Waals surface area (Å²) < 4.78 is 30.1. The fourth-order valence-electron chi connectivity index (χ4n) is 1.37. The maximum Gasteiger partial charge on any atom is 0.346 e. The Morgan fingerprint density at radius 2 is 2.32 bits per heavy atom. The van der Waals surface area contributed by atoms with Crippen molar-refractivity contribution in [1.29, 1.82) is 5.26 Å². The van der Waals surface area contributed by atoms with Crippen LogP contribution in [0.25, 0.3) is 0 Å². The predicted molar refractivity (Wildman–Crippen MR) is 56.5 cm³/mol. The molecule has 1 heterocycles. The quantitative estimate of drug-likeness (QED) is 0.470. The first kappa shape index (κ1) is 14.4. The van der Waals surface area contributed by atoms with Gasteiger partial charge >= 0.3 is 5.97 Å². The van der Waals surface area contributed by atoms with E-state index in [9.17, 15) is 23.7 Å². The number of nitro groups is 1. The summed E-state index contributed by atoms with van der Waals surface area (Å²) in [5, 5.41) is 19.5. The molecule has 1 rings (SSSR count). The van der Waals surface area contributed by atoms with Gasteiger partial charge in [-0.3, -0.25) is 10.1 Å². The van der Waals surface area contributed by atoms with Gasteiger partial charge < -0.3 is 4.74 Å². The van der Waals surface area contributed by atoms with E-state index in [1.54, 1.807) is 0 Å². The van der Waals surface area contributed by atoms with E-state index >= 15 is 0 Å². The van der Waals surface area contributed by atoms with E-state index in [2.05, 4.69) is 9.72 Å². The lowest BCUT2D eigenvalue weighted by atomic mass is 10.1. The Kier molecular flexibility index (Phi) is 4.41. The predicted octanol–water partition coefficient (Wildman–Crippen LogP) is 1.98. The molecule has 1 aromatic heterocycles. The van der Waals surface area contributed by atoms with Crippen molar-refractivity contribution in [3.63, 3.8) is 0 Å². The number of carbonyl (C=O) groups is 1. The molecule has 0 N–H and O–H groups in total. The van der Waals surface area contributed by atoms with Crippen LogP contribution in [0, 0.1) is 21.4 Å². The number of carbonyl (C=O) groups excluding carboxylic acids is 1. The van der Waals surface area contributed by atoms with Crippen LogP contribution in [0.4, 0.5) is 14.5 Å². The summed E-state index contributed by atoms with van der Waals surface area (Å²) in [5.74, 6) is -1.15. The average Bonchev–Trinajstić information content (AvgIpc) is 2.36. The molecular formula is C10H7F2N3O4. The van der Waals surface area contributed by atoms with Gasteiger partial charge in [-0.25, -0.2) is 18.6 Å². The van der Waals surface area contributed by atoms with E-state index < -0.39 is 39.8 Å². The topological polar surface area (TPSA) is 106 Å². The molecule has 0 aliphatic heterocycles. The van der Waals surface area contributed by atoms with E-state index in [-0.39, 0.29) is 6.61 Å². The Morgan fingerprint density at radius 1 is 1.68 bits per heavy atom. The summed E-state index contributed by atoms with van der Waals surface area (Å²) in [5.41, 5.74) is -3.84. The first-order valence-electron chi connectivity index (χ1n) is 4.96. The zero-order chi connectivity index (χ0) is 14.6. The summed E-state index contributed by atoms with van der Waals surface area (Å²) >= 11 is 0. The molecule has 0 fully saturated rings. The molecule has 0 unspecified atom stereocenters. The largest absolute Gasteiger partial charge is 0.462 e. The molecule has 0 aliphatic rings. The number of pyridine rings is 1. The normalized spacial score (nSPS) is 10.1. The lowest BCUT2D eigenvalue weighted by molar-refractivity contribution is -0.386. The minimum absolute atomic E-state index is 0.0833. The number of rotatable bonds is 4. The third-order valence-corrected chi connectivity index (χ3v) is 2.09. The van der Waals surface area contributed by atoms with Crippen LogP contribution < -0.4 is 0 Å². The second-order valence-corrected chi connectivity index (χ2v) is 3.17. The number of nitriles is 1. The van der Waals surface area contributed by atoms with Crippen molar-refractivity contribution in [2.75, 3.05) is 6.61 Å². The van der Waals surface area contributed by atoms with Gasteiger partial charge in [-0.1, -0.05) is 0 Å². The highest BCUT2D eigenvalue weighted by Gasteiger charge is 2.33. The van der Waals surface area contributed by atoms with Gasteiger partial charge in [-0.2, -0.15) is 5.26 Å². The SMILES string of the molecule is CCOC(=O)c1cnc(C#N)c(C(F)F)c1[N+](=O)[O-]. The fraction of sp³-hybridized carbons (Fsp3) is 0.300. The van der Waals surface area contributed by atoms with Crippen LogP contribution in [0.15, 0.2) is 6.20 Å². The number of halogens is 2. The molecule has 0 amide bonds. The van der Waals surface area contributed by atoms with Gasteiger partial charge in [-0.15, -0.1) is 0 Å². The second-order valence-electron chi connectivity index (χ2n) is 3.17. The first-order valence-corrected chi connectivity index (χ1v) is 4.96. The van der Waals surface area contributed by atoms with Gasteiger partial charge in [0.25, 0.3) is 12.1 Å². The number of hydrogen-bond acceptors (Lipinski definition) is 6. The van der Waals surface area contributed by atoms with Crippen molar-refractivity contribution in [1.82, 2.24) is 4.98 Å². The van der Waals surface area contributed by atoms with Crippen molar-refractivity contribution in [2.24, 2.45) is 0 Å². The van der Waals surface area contributed by atoms with E-state index in [1.807, 2.05) is 0 Å². The highest BCUT2D eigenvalue weighted by molar-refractivity contribution is 5.94. The van der Waals surface area contributed by atoms with Crippen LogP contribution >= 0.6 is 0 Å². The standard InChI is InChI=1S/C10H7F2N3O4/c1-2-19-10(16)5-4-14-6(3-13)7(9(11)12)8(5)15(17)18/h4,9H,2H2,1H3. The van der Waals surface area contributed by atoms with Crippen molar-refractivity contribution < 1.29 is 23.2 Å². The average molecular weight is 271 g/mol. The molecule has 100 valence electrons. The summed E-state index contributed by atoms with van der Waals surface area (Å²) in [6.07, 6.45) is -2.63. The number of nitrogens with zero attached hydrogens (tertiary/aromatic N) is 3. The van der Waals surface area contributed by atoms with Crippen LogP contribution in [-0.4, -0.2) is 22.5 Å². The van der Waals surface area contributed by atoms with E-state index in [1.165, 1.54) is 13.0 Å². The number of esters is 1. The van der Waals surface area contributed by atoms with Crippen molar-refractivity contribution in [2.45, 2.75) is 13.3 Å². The van der Waals surface area contributed by atoms with Crippen LogP contribution in [0.3, 0.4) is 0 Å². The van der Waals surface area contributed by atoms with Crippen LogP contribution in [0.5, 0.6) is 0 Å². The Hall–Kier alpha value is -2.63. The Morgan fingerprint density at radius 3 is 2.74 bits per heavy atom. The van der Waals surface area contributed by atoms with E-state index in [0.717, 1.165) is 0 Å². The van der Waals surface area contributed by atoms with Crippen LogP contribution in [0.2, 0.25) is 0 Å². The minimum atomic E-state index is -3.31. The lowest BCUT2D eigenvalue weighted by Crippen LogP contribution is -2.12. The van der Waals surface area contributed by atoms with Gasteiger partial charge in [0.05, 0.1) is 11.5 Å². The van der Waals surface area contributed by atoms with E-state index in [4.69, 9.17) is 5.26 Å².